The van der Waals surface area contributed by atoms with Gasteiger partial charge in [0.15, 0.2) is 0 Å². The summed E-state index contributed by atoms with van der Waals surface area (Å²) in [4.78, 5) is 25.5. The van der Waals surface area contributed by atoms with Crippen molar-refractivity contribution in [2.45, 2.75) is 6.10 Å². The van der Waals surface area contributed by atoms with E-state index in [9.17, 15) is 9.59 Å². The van der Waals surface area contributed by atoms with Gasteiger partial charge in [0.25, 0.3) is 5.91 Å². The number of nitrogens with zero attached hydrogens (tertiary/aromatic N) is 2. The molecule has 1 aromatic carbocycles. The van der Waals surface area contributed by atoms with Gasteiger partial charge in [-0.2, -0.15) is 0 Å². The molecule has 0 N–H and O–H groups in total. The molecule has 1 aromatic heterocycles. The first kappa shape index (κ1) is 13.9. The molecule has 0 aliphatic rings. The van der Waals surface area contributed by atoms with E-state index in [1.54, 1.807) is 62.9 Å². The largest absolute Gasteiger partial charge is 0.431 e. The van der Waals surface area contributed by atoms with Crippen LogP contribution in [0, 0.1) is 0 Å². The van der Waals surface area contributed by atoms with Crippen molar-refractivity contribution >= 4 is 12.0 Å². The molecule has 2 rings (SSSR count). The molecule has 0 bridgehead atoms. The lowest BCUT2D eigenvalue weighted by molar-refractivity contribution is 0.0468. The van der Waals surface area contributed by atoms with E-state index in [-0.39, 0.29) is 5.91 Å². The van der Waals surface area contributed by atoms with Gasteiger partial charge in [-0.15, -0.1) is 0 Å². The average Bonchev–Trinajstić information content (AvgIpc) is 2.98. The van der Waals surface area contributed by atoms with Crippen molar-refractivity contribution in [3.63, 3.8) is 0 Å². The number of carbonyl (C=O) groups excluding carboxylic acids is 2. The van der Waals surface area contributed by atoms with Gasteiger partial charge in [-0.1, -0.05) is 30.3 Å². The molecule has 5 heteroatoms. The van der Waals surface area contributed by atoms with Crippen LogP contribution in [0.4, 0.5) is 4.79 Å². The normalized spacial score (nSPS) is 11.7. The molecule has 1 unspecified atom stereocenters. The van der Waals surface area contributed by atoms with Gasteiger partial charge in [-0.3, -0.25) is 9.36 Å². The molecular weight excluding hydrogens is 256 g/mol. The van der Waals surface area contributed by atoms with E-state index in [2.05, 4.69) is 0 Å². The topological polar surface area (TPSA) is 51.5 Å². The van der Waals surface area contributed by atoms with E-state index in [0.717, 1.165) is 0 Å². The second-order valence-electron chi connectivity index (χ2n) is 4.50. The van der Waals surface area contributed by atoms with Crippen molar-refractivity contribution in [1.82, 2.24) is 9.47 Å². The van der Waals surface area contributed by atoms with Crippen LogP contribution in [-0.2, 0) is 4.74 Å². The first-order chi connectivity index (χ1) is 9.59. The fraction of sp³-hybridized carbons (Fsp3) is 0.200. The quantitative estimate of drug-likeness (QED) is 0.863. The van der Waals surface area contributed by atoms with Crippen molar-refractivity contribution in [1.29, 1.82) is 0 Å². The molecule has 2 aromatic rings. The van der Waals surface area contributed by atoms with Gasteiger partial charge in [-0.05, 0) is 12.1 Å². The van der Waals surface area contributed by atoms with Gasteiger partial charge in [0.1, 0.15) is 0 Å². The highest BCUT2D eigenvalue weighted by atomic mass is 16.6. The molecule has 0 fully saturated rings. The summed E-state index contributed by atoms with van der Waals surface area (Å²) in [7, 11) is 3.15. The van der Waals surface area contributed by atoms with Crippen molar-refractivity contribution < 1.29 is 14.3 Å². The monoisotopic (exact) mass is 272 g/mol. The summed E-state index contributed by atoms with van der Waals surface area (Å²) in [6, 6.07) is 12.4. The lowest BCUT2D eigenvalue weighted by atomic mass is 10.1. The minimum absolute atomic E-state index is 0.309. The zero-order chi connectivity index (χ0) is 14.5. The van der Waals surface area contributed by atoms with E-state index in [4.69, 9.17) is 4.74 Å². The van der Waals surface area contributed by atoms with Crippen LogP contribution >= 0.6 is 0 Å². The first-order valence-corrected chi connectivity index (χ1v) is 6.19. The fourth-order valence-electron chi connectivity index (χ4n) is 1.71. The summed E-state index contributed by atoms with van der Waals surface area (Å²) in [6.45, 7) is 0. The van der Waals surface area contributed by atoms with Crippen molar-refractivity contribution in [2.24, 2.45) is 0 Å². The van der Waals surface area contributed by atoms with Gasteiger partial charge >= 0.3 is 6.09 Å². The number of ether oxygens (including phenoxy) is 1. The SMILES string of the molecule is CN(C)C(=O)OC(C(=O)n1cccc1)c1ccccc1. The van der Waals surface area contributed by atoms with Crippen molar-refractivity contribution in [2.75, 3.05) is 14.1 Å². The van der Waals surface area contributed by atoms with E-state index in [1.165, 1.54) is 9.47 Å². The minimum Gasteiger partial charge on any atom is -0.431 e. The number of carbonyl (C=O) groups is 2. The van der Waals surface area contributed by atoms with E-state index >= 15 is 0 Å². The van der Waals surface area contributed by atoms with E-state index in [1.807, 2.05) is 6.07 Å². The Hall–Kier alpha value is -2.56. The predicted molar refractivity (Wildman–Crippen MR) is 74.4 cm³/mol. The van der Waals surface area contributed by atoms with Gasteiger partial charge in [-0.25, -0.2) is 4.79 Å². The highest BCUT2D eigenvalue weighted by molar-refractivity contribution is 5.86. The van der Waals surface area contributed by atoms with Crippen LogP contribution < -0.4 is 0 Å². The zero-order valence-electron chi connectivity index (χ0n) is 11.4. The van der Waals surface area contributed by atoms with Crippen LogP contribution in [0.5, 0.6) is 0 Å². The Morgan fingerprint density at radius 3 is 2.20 bits per heavy atom. The Labute approximate surface area is 117 Å². The molecule has 0 radical (unpaired) electrons. The molecule has 0 spiro atoms. The Morgan fingerprint density at radius 2 is 1.65 bits per heavy atom. The zero-order valence-corrected chi connectivity index (χ0v) is 11.4. The van der Waals surface area contributed by atoms with Crippen LogP contribution in [-0.4, -0.2) is 35.6 Å². The highest BCUT2D eigenvalue weighted by Crippen LogP contribution is 2.20. The number of amides is 1. The van der Waals surface area contributed by atoms with Crippen LogP contribution in [0.15, 0.2) is 54.9 Å². The number of benzene rings is 1. The van der Waals surface area contributed by atoms with Crippen LogP contribution in [0.2, 0.25) is 0 Å². The second-order valence-corrected chi connectivity index (χ2v) is 4.50. The van der Waals surface area contributed by atoms with Gasteiger partial charge in [0.2, 0.25) is 6.10 Å². The average molecular weight is 272 g/mol. The molecule has 0 saturated heterocycles. The number of hydrogen-bond donors (Lipinski definition) is 0. The predicted octanol–water partition coefficient (Wildman–Crippen LogP) is 2.57. The Morgan fingerprint density at radius 1 is 1.05 bits per heavy atom. The molecule has 0 aliphatic carbocycles. The third-order valence-electron chi connectivity index (χ3n) is 2.77. The van der Waals surface area contributed by atoms with Crippen LogP contribution in [0.1, 0.15) is 16.5 Å². The molecule has 104 valence electrons. The summed E-state index contributed by atoms with van der Waals surface area (Å²) in [5.41, 5.74) is 0.640. The smallest absolute Gasteiger partial charge is 0.410 e. The summed E-state index contributed by atoms with van der Waals surface area (Å²) >= 11 is 0. The highest BCUT2D eigenvalue weighted by Gasteiger charge is 2.26. The van der Waals surface area contributed by atoms with E-state index < -0.39 is 12.2 Å². The summed E-state index contributed by atoms with van der Waals surface area (Å²) in [5, 5.41) is 0. The first-order valence-electron chi connectivity index (χ1n) is 6.19. The minimum atomic E-state index is -0.960. The third-order valence-corrected chi connectivity index (χ3v) is 2.77. The summed E-state index contributed by atoms with van der Waals surface area (Å²) in [6.07, 6.45) is 1.74. The molecule has 1 amide bonds. The van der Waals surface area contributed by atoms with Crippen LogP contribution in [0.3, 0.4) is 0 Å². The molecule has 1 heterocycles. The molecule has 0 aliphatic heterocycles. The second kappa shape index (κ2) is 6.06. The maximum absolute atomic E-state index is 12.4. The van der Waals surface area contributed by atoms with Gasteiger partial charge < -0.3 is 9.64 Å². The standard InChI is InChI=1S/C15H16N2O3/c1-16(2)15(19)20-13(12-8-4-3-5-9-12)14(18)17-10-6-7-11-17/h3-11,13H,1-2H3. The summed E-state index contributed by atoms with van der Waals surface area (Å²) in [5.74, 6) is -0.309. The molecule has 5 nitrogen and oxygen atoms in total. The molecule has 20 heavy (non-hydrogen) atoms. The molecule has 0 saturated carbocycles. The number of hydrogen-bond acceptors (Lipinski definition) is 3. The van der Waals surface area contributed by atoms with Crippen molar-refractivity contribution in [3.8, 4) is 0 Å². The number of rotatable bonds is 3. The Kier molecular flexibility index (Phi) is 4.20. The number of aromatic nitrogens is 1. The fourth-order valence-corrected chi connectivity index (χ4v) is 1.71. The lowest BCUT2D eigenvalue weighted by Gasteiger charge is -2.20. The van der Waals surface area contributed by atoms with Crippen molar-refractivity contribution in [3.05, 3.63) is 60.4 Å². The Bertz CT molecular complexity index is 576. The molecular formula is C15H16N2O3. The summed E-state index contributed by atoms with van der Waals surface area (Å²) < 4.78 is 6.70. The Balaban J connectivity index is 2.29. The third kappa shape index (κ3) is 3.06. The van der Waals surface area contributed by atoms with E-state index in [0.29, 0.717) is 5.56 Å². The van der Waals surface area contributed by atoms with Gasteiger partial charge in [0.05, 0.1) is 0 Å². The van der Waals surface area contributed by atoms with Gasteiger partial charge in [0, 0.05) is 32.1 Å². The lowest BCUT2D eigenvalue weighted by Crippen LogP contribution is -2.30. The maximum atomic E-state index is 12.4. The molecule has 1 atom stereocenters. The van der Waals surface area contributed by atoms with Crippen LogP contribution in [0.25, 0.3) is 0 Å². The maximum Gasteiger partial charge on any atom is 0.410 e.